The molecule has 2 rings (SSSR count). The van der Waals surface area contributed by atoms with Gasteiger partial charge >= 0.3 is 0 Å². The number of hydrogen-bond acceptors (Lipinski definition) is 10. The number of ether oxygens (including phenoxy) is 4. The molecular weight excluding hydrogens is 628 g/mol. The van der Waals surface area contributed by atoms with E-state index in [1.807, 2.05) is 36.4 Å². The maximum absolute atomic E-state index is 11.7. The number of nitrogens with one attached hydrogen (secondary N) is 1. The normalized spacial score (nSPS) is 13.8. The summed E-state index contributed by atoms with van der Waals surface area (Å²) in [6.07, 6.45) is 6.04. The fourth-order valence-corrected chi connectivity index (χ4v) is 6.34. The fourth-order valence-electron chi connectivity index (χ4n) is 6.34. The average Bonchev–Trinajstić information content (AvgIpc) is 3.06. The van der Waals surface area contributed by atoms with Gasteiger partial charge in [-0.15, -0.1) is 10.1 Å². The van der Waals surface area contributed by atoms with Gasteiger partial charge < -0.3 is 34.0 Å². The molecule has 0 aromatic heterocycles. The van der Waals surface area contributed by atoms with Gasteiger partial charge in [0.05, 0.1) is 38.9 Å². The first-order valence-electron chi connectivity index (χ1n) is 17.0. The van der Waals surface area contributed by atoms with Crippen LogP contribution in [0.25, 0.3) is 0 Å². The molecule has 0 fully saturated rings. The molecule has 2 aromatic carbocycles. The van der Waals surface area contributed by atoms with E-state index in [9.17, 15) is 20.2 Å². The van der Waals surface area contributed by atoms with Crippen molar-refractivity contribution in [3.63, 3.8) is 0 Å². The molecule has 0 saturated carbocycles. The van der Waals surface area contributed by atoms with Crippen LogP contribution in [-0.4, -0.2) is 75.1 Å². The summed E-state index contributed by atoms with van der Waals surface area (Å²) in [7, 11) is 6.79. The number of likely N-dealkylation sites (N-methyl/N-ethyl adjacent to an activating group) is 1. The summed E-state index contributed by atoms with van der Waals surface area (Å²) in [6.45, 7) is 10.1. The highest BCUT2D eigenvalue weighted by Crippen LogP contribution is 2.44. The van der Waals surface area contributed by atoms with Crippen LogP contribution in [-0.2, 0) is 21.5 Å². The number of unbranched alkanes of at least 4 members (excludes halogenated alkanes) is 3. The van der Waals surface area contributed by atoms with Crippen LogP contribution < -0.4 is 24.3 Å². The van der Waals surface area contributed by atoms with Gasteiger partial charge in [0, 0.05) is 13.5 Å². The van der Waals surface area contributed by atoms with Gasteiger partial charge in [-0.1, -0.05) is 50.8 Å². The predicted molar refractivity (Wildman–Crippen MR) is 189 cm³/mol. The van der Waals surface area contributed by atoms with Crippen LogP contribution in [0.1, 0.15) is 90.7 Å². The standard InChI is InChI=1S/C37H56N4O8/c1-10-11-12-15-20-37(26-38,30-24-32(45-7)34(47-9)33(25-30)46-8)21-16-22-40(6)23-19-29-17-13-14-18-31(29)48-36(4,5)35(49-41(43)44)27(2)39-28(3)42/h13-14,17-18,24-25,27,35H,10-12,15-16,19-23H2,1-9H3,(H,39,42). The summed E-state index contributed by atoms with van der Waals surface area (Å²) in [6, 6.07) is 13.4. The molecule has 1 amide bonds. The number of amides is 1. The molecule has 0 radical (unpaired) electrons. The number of benzene rings is 2. The Morgan fingerprint density at radius 3 is 2.18 bits per heavy atom. The number of nitriles is 1. The molecule has 3 unspecified atom stereocenters. The van der Waals surface area contributed by atoms with Crippen LogP contribution in [0.3, 0.4) is 0 Å². The lowest BCUT2D eigenvalue weighted by molar-refractivity contribution is -0.772. The first kappa shape index (κ1) is 40.9. The third-order valence-electron chi connectivity index (χ3n) is 8.91. The monoisotopic (exact) mass is 684 g/mol. The maximum atomic E-state index is 11.7. The Morgan fingerprint density at radius 1 is 1.00 bits per heavy atom. The second-order valence-electron chi connectivity index (χ2n) is 13.1. The van der Waals surface area contributed by atoms with Crippen molar-refractivity contribution >= 4 is 5.91 Å². The van der Waals surface area contributed by atoms with E-state index in [-0.39, 0.29) is 5.91 Å². The summed E-state index contributed by atoms with van der Waals surface area (Å²) in [5.74, 6) is 1.84. The Hall–Kier alpha value is -4.24. The van der Waals surface area contributed by atoms with Gasteiger partial charge in [-0.05, 0) is 89.4 Å². The molecule has 49 heavy (non-hydrogen) atoms. The second kappa shape index (κ2) is 19.7. The first-order valence-corrected chi connectivity index (χ1v) is 17.0. The largest absolute Gasteiger partial charge is 0.493 e. The molecule has 0 spiro atoms. The molecule has 272 valence electrons. The van der Waals surface area contributed by atoms with Crippen LogP contribution in [0.2, 0.25) is 0 Å². The first-order chi connectivity index (χ1) is 23.3. The van der Waals surface area contributed by atoms with Crippen molar-refractivity contribution in [1.29, 1.82) is 5.26 Å². The van der Waals surface area contributed by atoms with E-state index in [2.05, 4.69) is 30.3 Å². The van der Waals surface area contributed by atoms with E-state index in [4.69, 9.17) is 23.8 Å². The Balaban J connectivity index is 2.19. The van der Waals surface area contributed by atoms with E-state index in [0.29, 0.717) is 35.8 Å². The topological polar surface area (TPSA) is 145 Å². The Bertz CT molecular complexity index is 1370. The van der Waals surface area contributed by atoms with Crippen molar-refractivity contribution in [3.05, 3.63) is 57.6 Å². The van der Waals surface area contributed by atoms with Gasteiger partial charge in [0.1, 0.15) is 11.4 Å². The molecule has 0 bridgehead atoms. The lowest BCUT2D eigenvalue weighted by Crippen LogP contribution is -2.55. The van der Waals surface area contributed by atoms with Crippen LogP contribution in [0.5, 0.6) is 23.0 Å². The van der Waals surface area contributed by atoms with Gasteiger partial charge in [0.2, 0.25) is 11.7 Å². The molecule has 1 N–H and O–H groups in total. The zero-order valence-electron chi connectivity index (χ0n) is 30.8. The highest BCUT2D eigenvalue weighted by molar-refractivity contribution is 5.73. The molecule has 0 saturated heterocycles. The van der Waals surface area contributed by atoms with Crippen molar-refractivity contribution in [1.82, 2.24) is 10.2 Å². The summed E-state index contributed by atoms with van der Waals surface area (Å²) >= 11 is 0. The van der Waals surface area contributed by atoms with E-state index in [0.717, 1.165) is 62.7 Å². The number of rotatable bonds is 23. The van der Waals surface area contributed by atoms with Crippen molar-refractivity contribution in [2.24, 2.45) is 0 Å². The predicted octanol–water partition coefficient (Wildman–Crippen LogP) is 6.66. The molecule has 3 atom stereocenters. The Morgan fingerprint density at radius 2 is 1.63 bits per heavy atom. The minimum absolute atomic E-state index is 0.323. The molecule has 0 aliphatic heterocycles. The van der Waals surface area contributed by atoms with Crippen LogP contribution in [0, 0.1) is 21.4 Å². The number of methoxy groups -OCH3 is 3. The molecule has 12 nitrogen and oxygen atoms in total. The quantitative estimate of drug-likeness (QED) is 0.0766. The van der Waals surface area contributed by atoms with Gasteiger partial charge in [-0.3, -0.25) is 4.79 Å². The Labute approximate surface area is 292 Å². The number of para-hydroxylation sites is 1. The van der Waals surface area contributed by atoms with Crippen LogP contribution in [0.4, 0.5) is 0 Å². The third-order valence-corrected chi connectivity index (χ3v) is 8.91. The van der Waals surface area contributed by atoms with E-state index >= 15 is 0 Å². The number of hydrogen-bond donors (Lipinski definition) is 1. The highest BCUT2D eigenvalue weighted by Gasteiger charge is 2.40. The SMILES string of the molecule is CCCCCCC(C#N)(CCCN(C)CCc1ccccc1OC(C)(C)C(O[N+](=O)[O-])C(C)NC(C)=O)c1cc(OC)c(OC)c(OC)c1. The van der Waals surface area contributed by atoms with Crippen molar-refractivity contribution in [3.8, 4) is 29.1 Å². The van der Waals surface area contributed by atoms with Crippen LogP contribution in [0.15, 0.2) is 36.4 Å². The molecule has 0 aliphatic carbocycles. The lowest BCUT2D eigenvalue weighted by Gasteiger charge is -2.37. The summed E-state index contributed by atoms with van der Waals surface area (Å²) < 4.78 is 23.2. The van der Waals surface area contributed by atoms with Gasteiger partial charge in [0.15, 0.2) is 17.6 Å². The molecule has 0 aliphatic rings. The number of carbonyl (C=O) groups is 1. The summed E-state index contributed by atoms with van der Waals surface area (Å²) in [4.78, 5) is 30.3. The van der Waals surface area contributed by atoms with Crippen molar-refractivity contribution in [2.45, 2.75) is 109 Å². The van der Waals surface area contributed by atoms with E-state index < -0.39 is 28.2 Å². The zero-order valence-corrected chi connectivity index (χ0v) is 30.8. The average molecular weight is 685 g/mol. The number of nitrogens with zero attached hydrogens (tertiary/aromatic N) is 3. The maximum Gasteiger partial charge on any atom is 0.295 e. The van der Waals surface area contributed by atoms with Gasteiger partial charge in [-0.25, -0.2) is 0 Å². The highest BCUT2D eigenvalue weighted by atomic mass is 17.0. The van der Waals surface area contributed by atoms with Gasteiger partial charge in [0.25, 0.3) is 5.09 Å². The summed E-state index contributed by atoms with van der Waals surface area (Å²) in [5.41, 5.74) is -0.0650. The third kappa shape index (κ3) is 12.0. The summed E-state index contributed by atoms with van der Waals surface area (Å²) in [5, 5.41) is 23.8. The molecule has 12 heteroatoms. The van der Waals surface area contributed by atoms with E-state index in [1.54, 1.807) is 42.1 Å². The molecule has 2 aromatic rings. The van der Waals surface area contributed by atoms with E-state index in [1.165, 1.54) is 6.92 Å². The molecule has 0 heterocycles. The minimum atomic E-state index is -1.15. The van der Waals surface area contributed by atoms with Crippen molar-refractivity contribution < 1.29 is 33.7 Å². The smallest absolute Gasteiger partial charge is 0.295 e. The Kier molecular flexibility index (Phi) is 16.4. The molecular formula is C37H56N4O8. The van der Waals surface area contributed by atoms with Gasteiger partial charge in [-0.2, -0.15) is 5.26 Å². The zero-order chi connectivity index (χ0) is 36.6. The van der Waals surface area contributed by atoms with Crippen LogP contribution >= 0.6 is 0 Å². The fraction of sp³-hybridized carbons (Fsp3) is 0.622. The minimum Gasteiger partial charge on any atom is -0.493 e. The second-order valence-corrected chi connectivity index (χ2v) is 13.1. The van der Waals surface area contributed by atoms with Crippen molar-refractivity contribution in [2.75, 3.05) is 41.5 Å². The lowest BCUT2D eigenvalue weighted by atomic mass is 9.73. The number of carbonyl (C=O) groups excluding carboxylic acids is 1.